The molecule has 2 aromatic heterocycles. The molecular formula is C15H22Cl2N4. The summed E-state index contributed by atoms with van der Waals surface area (Å²) in [5, 5.41) is 8.04. The van der Waals surface area contributed by atoms with Gasteiger partial charge < -0.3 is 5.32 Å². The number of aromatic nitrogens is 3. The third-order valence-electron chi connectivity index (χ3n) is 3.73. The van der Waals surface area contributed by atoms with E-state index in [1.54, 1.807) is 6.20 Å². The van der Waals surface area contributed by atoms with Crippen molar-refractivity contribution >= 4 is 34.5 Å². The predicted molar refractivity (Wildman–Crippen MR) is 89.8 cm³/mol. The number of nitrogens with zero attached hydrogens (tertiary/aromatic N) is 3. The van der Waals surface area contributed by atoms with Crippen molar-refractivity contribution in [2.75, 3.05) is 17.1 Å². The molecule has 21 heavy (non-hydrogen) atoms. The van der Waals surface area contributed by atoms with Crippen molar-refractivity contribution in [3.8, 4) is 0 Å². The molecule has 116 valence electrons. The van der Waals surface area contributed by atoms with E-state index in [0.29, 0.717) is 11.8 Å². The molecule has 0 aliphatic heterocycles. The highest BCUT2D eigenvalue weighted by Gasteiger charge is 2.28. The maximum absolute atomic E-state index is 6.11. The molecule has 0 radical (unpaired) electrons. The first-order valence-corrected chi connectivity index (χ1v) is 8.17. The van der Waals surface area contributed by atoms with Crippen LogP contribution in [-0.4, -0.2) is 31.9 Å². The van der Waals surface area contributed by atoms with Crippen molar-refractivity contribution in [1.29, 1.82) is 0 Å². The first-order chi connectivity index (χ1) is 9.85. The van der Waals surface area contributed by atoms with E-state index in [9.17, 15) is 0 Å². The van der Waals surface area contributed by atoms with Crippen molar-refractivity contribution in [3.05, 3.63) is 24.2 Å². The van der Waals surface area contributed by atoms with Gasteiger partial charge in [-0.05, 0) is 12.5 Å². The summed E-state index contributed by atoms with van der Waals surface area (Å²) >= 11 is 12.2. The molecule has 0 atom stereocenters. The van der Waals surface area contributed by atoms with Gasteiger partial charge in [-0.15, -0.1) is 23.2 Å². The third-order valence-corrected chi connectivity index (χ3v) is 4.75. The van der Waals surface area contributed by atoms with Crippen LogP contribution in [0.4, 0.5) is 5.82 Å². The summed E-state index contributed by atoms with van der Waals surface area (Å²) in [6.07, 6.45) is 4.41. The zero-order chi connectivity index (χ0) is 15.7. The molecule has 4 nitrogen and oxygen atoms in total. The Morgan fingerprint density at radius 1 is 1.24 bits per heavy atom. The number of hydrogen-bond acceptors (Lipinski definition) is 3. The van der Waals surface area contributed by atoms with Crippen LogP contribution in [-0.2, 0) is 5.41 Å². The van der Waals surface area contributed by atoms with Crippen molar-refractivity contribution < 1.29 is 0 Å². The second-order valence-electron chi connectivity index (χ2n) is 6.41. The summed E-state index contributed by atoms with van der Waals surface area (Å²) in [6.45, 7) is 8.49. The first-order valence-electron chi connectivity index (χ1n) is 7.10. The summed E-state index contributed by atoms with van der Waals surface area (Å²) in [7, 11) is 0. The highest BCUT2D eigenvalue weighted by molar-refractivity contribution is 6.22. The minimum atomic E-state index is -0.357. The lowest BCUT2D eigenvalue weighted by molar-refractivity contribution is 0.557. The Balaban J connectivity index is 2.47. The maximum atomic E-state index is 6.11. The topological polar surface area (TPSA) is 42.2 Å². The van der Waals surface area contributed by atoms with Gasteiger partial charge in [0.1, 0.15) is 5.52 Å². The van der Waals surface area contributed by atoms with Gasteiger partial charge in [0.15, 0.2) is 5.82 Å². The molecule has 0 spiro atoms. The SMILES string of the molecule is CCC(CCl)(CCl)Nc1nccn2nc(C(C)(C)C)cc12. The molecule has 1 N–H and O–H groups in total. The van der Waals surface area contributed by atoms with Crippen LogP contribution in [0.15, 0.2) is 18.5 Å². The Hall–Kier alpha value is -1.00. The lowest BCUT2D eigenvalue weighted by atomic mass is 9.92. The minimum Gasteiger partial charge on any atom is -0.360 e. The zero-order valence-corrected chi connectivity index (χ0v) is 14.5. The molecule has 2 heterocycles. The molecule has 0 unspecified atom stereocenters. The van der Waals surface area contributed by atoms with Crippen molar-refractivity contribution in [3.63, 3.8) is 0 Å². The Morgan fingerprint density at radius 3 is 2.43 bits per heavy atom. The van der Waals surface area contributed by atoms with E-state index in [4.69, 9.17) is 23.2 Å². The first kappa shape index (κ1) is 16.4. The molecule has 2 rings (SSSR count). The summed E-state index contributed by atoms with van der Waals surface area (Å²) in [4.78, 5) is 4.44. The van der Waals surface area contributed by atoms with Crippen LogP contribution in [0.3, 0.4) is 0 Å². The Morgan fingerprint density at radius 2 is 1.90 bits per heavy atom. The van der Waals surface area contributed by atoms with Crippen molar-refractivity contribution in [2.24, 2.45) is 0 Å². The van der Waals surface area contributed by atoms with Gasteiger partial charge in [-0.25, -0.2) is 9.50 Å². The number of anilines is 1. The van der Waals surface area contributed by atoms with Crippen LogP contribution < -0.4 is 5.32 Å². The van der Waals surface area contributed by atoms with Gasteiger partial charge in [0.2, 0.25) is 0 Å². The monoisotopic (exact) mass is 328 g/mol. The second-order valence-corrected chi connectivity index (χ2v) is 6.95. The van der Waals surface area contributed by atoms with E-state index in [2.05, 4.69) is 49.2 Å². The largest absolute Gasteiger partial charge is 0.360 e. The van der Waals surface area contributed by atoms with Crippen LogP contribution in [0.1, 0.15) is 39.8 Å². The number of alkyl halides is 2. The van der Waals surface area contributed by atoms with Gasteiger partial charge in [0.05, 0.1) is 11.2 Å². The molecule has 0 aliphatic rings. The lowest BCUT2D eigenvalue weighted by Crippen LogP contribution is -2.42. The third kappa shape index (κ3) is 3.27. The molecule has 0 aliphatic carbocycles. The van der Waals surface area contributed by atoms with E-state index in [1.807, 2.05) is 10.7 Å². The van der Waals surface area contributed by atoms with Gasteiger partial charge >= 0.3 is 0 Å². The highest BCUT2D eigenvalue weighted by atomic mass is 35.5. The number of rotatable bonds is 5. The van der Waals surface area contributed by atoms with E-state index in [1.165, 1.54) is 0 Å². The number of halogens is 2. The molecule has 6 heteroatoms. The van der Waals surface area contributed by atoms with Crippen molar-refractivity contribution in [2.45, 2.75) is 45.1 Å². The molecule has 2 aromatic rings. The summed E-state index contributed by atoms with van der Waals surface area (Å²) < 4.78 is 1.85. The van der Waals surface area contributed by atoms with E-state index < -0.39 is 0 Å². The molecule has 0 bridgehead atoms. The van der Waals surface area contributed by atoms with Gasteiger partial charge in [0, 0.05) is 29.6 Å². The Kier molecular flexibility index (Phi) is 4.69. The fourth-order valence-corrected chi connectivity index (χ4v) is 2.81. The fourth-order valence-electron chi connectivity index (χ4n) is 2.02. The van der Waals surface area contributed by atoms with Crippen LogP contribution in [0.25, 0.3) is 5.52 Å². The van der Waals surface area contributed by atoms with Gasteiger partial charge in [-0.3, -0.25) is 0 Å². The minimum absolute atomic E-state index is 0.00982. The summed E-state index contributed by atoms with van der Waals surface area (Å²) in [5.41, 5.74) is 1.60. The van der Waals surface area contributed by atoms with Gasteiger partial charge in [0.25, 0.3) is 0 Å². The zero-order valence-electron chi connectivity index (χ0n) is 13.0. The van der Waals surface area contributed by atoms with Crippen molar-refractivity contribution in [1.82, 2.24) is 14.6 Å². The normalized spacial score (nSPS) is 12.9. The molecule has 0 saturated carbocycles. The Labute approximate surface area is 135 Å². The summed E-state index contributed by atoms with van der Waals surface area (Å²) in [5.74, 6) is 1.62. The molecule has 0 aromatic carbocycles. The molecule has 0 amide bonds. The quantitative estimate of drug-likeness (QED) is 0.841. The maximum Gasteiger partial charge on any atom is 0.152 e. The van der Waals surface area contributed by atoms with Crippen LogP contribution in [0, 0.1) is 0 Å². The second kappa shape index (κ2) is 6.01. The molecule has 0 saturated heterocycles. The number of fused-ring (bicyclic) bond motifs is 1. The van der Waals surface area contributed by atoms with Crippen LogP contribution in [0.2, 0.25) is 0 Å². The van der Waals surface area contributed by atoms with E-state index >= 15 is 0 Å². The molecular weight excluding hydrogens is 307 g/mol. The number of nitrogens with one attached hydrogen (secondary N) is 1. The van der Waals surface area contributed by atoms with Crippen LogP contribution in [0.5, 0.6) is 0 Å². The smallest absolute Gasteiger partial charge is 0.152 e. The predicted octanol–water partition coefficient (Wildman–Crippen LogP) is 4.07. The average molecular weight is 329 g/mol. The van der Waals surface area contributed by atoms with E-state index in [-0.39, 0.29) is 11.0 Å². The molecule has 0 fully saturated rings. The fraction of sp³-hybridized carbons (Fsp3) is 0.600. The number of hydrogen-bond donors (Lipinski definition) is 1. The van der Waals surface area contributed by atoms with Gasteiger partial charge in [-0.2, -0.15) is 5.10 Å². The highest BCUT2D eigenvalue weighted by Crippen LogP contribution is 2.27. The van der Waals surface area contributed by atoms with Gasteiger partial charge in [-0.1, -0.05) is 27.7 Å². The van der Waals surface area contributed by atoms with Crippen LogP contribution >= 0.6 is 23.2 Å². The summed E-state index contributed by atoms with van der Waals surface area (Å²) in [6, 6.07) is 2.07. The average Bonchev–Trinajstić information content (AvgIpc) is 2.90. The Bertz CT molecular complexity index is 603. The standard InChI is InChI=1S/C15H22Cl2N4/c1-5-15(9-16,10-17)19-13-11-8-12(14(2,3)4)20-21(11)7-6-18-13/h6-8H,5,9-10H2,1-4H3,(H,18,19). The lowest BCUT2D eigenvalue weighted by Gasteiger charge is -2.30. The van der Waals surface area contributed by atoms with E-state index in [0.717, 1.165) is 23.4 Å².